The first-order valence-electron chi connectivity index (χ1n) is 12.1. The van der Waals surface area contributed by atoms with Gasteiger partial charge in [-0.05, 0) is 79.5 Å². The Balaban J connectivity index is 1.69. The zero-order chi connectivity index (χ0) is 22.7. The molecule has 1 aliphatic carbocycles. The Kier molecular flexibility index (Phi) is 7.33. The van der Waals surface area contributed by atoms with Crippen molar-refractivity contribution >= 4 is 11.6 Å². The van der Waals surface area contributed by atoms with Crippen LogP contribution in [-0.2, 0) is 32.2 Å². The highest BCUT2D eigenvalue weighted by atomic mass is 35.5. The van der Waals surface area contributed by atoms with Crippen LogP contribution in [0.3, 0.4) is 0 Å². The van der Waals surface area contributed by atoms with Crippen LogP contribution in [0.15, 0.2) is 48.5 Å². The number of fused-ring (bicyclic) bond motifs is 1. The van der Waals surface area contributed by atoms with Crippen molar-refractivity contribution < 1.29 is 0 Å². The van der Waals surface area contributed by atoms with Crippen LogP contribution in [0.4, 0.5) is 0 Å². The zero-order valence-corrected chi connectivity index (χ0v) is 20.7. The minimum absolute atomic E-state index is 0.438. The molecule has 0 N–H and O–H groups in total. The Morgan fingerprint density at radius 2 is 1.62 bits per heavy atom. The predicted octanol–water partition coefficient (Wildman–Crippen LogP) is 7.60. The summed E-state index contributed by atoms with van der Waals surface area (Å²) < 4.78 is 0. The van der Waals surface area contributed by atoms with E-state index in [0.717, 1.165) is 31.5 Å². The third kappa shape index (κ3) is 4.49. The van der Waals surface area contributed by atoms with Gasteiger partial charge in [-0.15, -0.1) is 0 Å². The van der Waals surface area contributed by atoms with Crippen molar-refractivity contribution in [1.29, 1.82) is 0 Å². The van der Waals surface area contributed by atoms with Crippen LogP contribution >= 0.6 is 11.6 Å². The van der Waals surface area contributed by atoms with E-state index in [0.29, 0.717) is 11.2 Å². The van der Waals surface area contributed by atoms with E-state index in [9.17, 15) is 0 Å². The third-order valence-corrected chi connectivity index (χ3v) is 7.39. The van der Waals surface area contributed by atoms with Gasteiger partial charge in [-0.1, -0.05) is 74.8 Å². The Hall–Kier alpha value is -2.16. The molecule has 1 aromatic heterocycles. The average molecular weight is 447 g/mol. The highest BCUT2D eigenvalue weighted by molar-refractivity contribution is 6.30. The summed E-state index contributed by atoms with van der Waals surface area (Å²) in [5.41, 5.74) is 10.4. The van der Waals surface area contributed by atoms with Gasteiger partial charge in [0.1, 0.15) is 5.15 Å². The van der Waals surface area contributed by atoms with E-state index in [-0.39, 0.29) is 0 Å². The number of pyridine rings is 1. The second kappa shape index (κ2) is 10.2. The monoisotopic (exact) mass is 446 g/mol. The summed E-state index contributed by atoms with van der Waals surface area (Å²) in [5, 5.41) is 0.656. The summed E-state index contributed by atoms with van der Waals surface area (Å²) in [6.07, 6.45) is 6.57. The lowest BCUT2D eigenvalue weighted by Crippen LogP contribution is -2.28. The smallest absolute Gasteiger partial charge is 0.134 e. The minimum atomic E-state index is 0.438. The summed E-state index contributed by atoms with van der Waals surface area (Å²) in [6.45, 7) is 7.48. The molecule has 1 heterocycles. The van der Waals surface area contributed by atoms with Crippen LogP contribution in [0, 0.1) is 0 Å². The van der Waals surface area contributed by atoms with Gasteiger partial charge >= 0.3 is 0 Å². The van der Waals surface area contributed by atoms with E-state index in [4.69, 9.17) is 16.6 Å². The fourth-order valence-electron chi connectivity index (χ4n) is 5.32. The van der Waals surface area contributed by atoms with Crippen molar-refractivity contribution in [3.8, 4) is 11.3 Å². The van der Waals surface area contributed by atoms with Crippen molar-refractivity contribution in [1.82, 2.24) is 9.88 Å². The quantitative estimate of drug-likeness (QED) is 0.347. The third-order valence-electron chi connectivity index (χ3n) is 7.08. The maximum atomic E-state index is 6.90. The van der Waals surface area contributed by atoms with E-state index in [1.807, 2.05) is 0 Å². The van der Waals surface area contributed by atoms with Crippen molar-refractivity contribution in [3.63, 3.8) is 0 Å². The molecule has 1 unspecified atom stereocenters. The molecule has 0 spiro atoms. The average Bonchev–Trinajstić information content (AvgIpc) is 2.83. The number of aryl methyl sites for hydroxylation is 4. The molecule has 0 saturated carbocycles. The largest absolute Gasteiger partial charge is 0.295 e. The van der Waals surface area contributed by atoms with Gasteiger partial charge in [0.05, 0.1) is 5.69 Å². The minimum Gasteiger partial charge on any atom is -0.295 e. The number of halogens is 1. The predicted molar refractivity (Wildman–Crippen MR) is 136 cm³/mol. The van der Waals surface area contributed by atoms with Crippen molar-refractivity contribution in [2.75, 3.05) is 7.05 Å². The molecule has 1 atom stereocenters. The molecule has 168 valence electrons. The number of rotatable bonds is 7. The van der Waals surface area contributed by atoms with Crippen LogP contribution in [0.2, 0.25) is 5.15 Å². The summed E-state index contributed by atoms with van der Waals surface area (Å²) in [7, 11) is 2.23. The summed E-state index contributed by atoms with van der Waals surface area (Å²) in [6, 6.07) is 18.2. The van der Waals surface area contributed by atoms with E-state index < -0.39 is 0 Å². The van der Waals surface area contributed by atoms with E-state index >= 15 is 0 Å². The number of nitrogens with zero attached hydrogens (tertiary/aromatic N) is 2. The van der Waals surface area contributed by atoms with Gasteiger partial charge in [0.2, 0.25) is 0 Å². The summed E-state index contributed by atoms with van der Waals surface area (Å²) >= 11 is 6.90. The van der Waals surface area contributed by atoms with Gasteiger partial charge in [0.15, 0.2) is 0 Å². The Labute approximate surface area is 198 Å². The lowest BCUT2D eigenvalue weighted by atomic mass is 9.86. The highest BCUT2D eigenvalue weighted by Crippen LogP contribution is 2.36. The Morgan fingerprint density at radius 3 is 2.31 bits per heavy atom. The Bertz CT molecular complexity index is 1070. The van der Waals surface area contributed by atoms with Crippen LogP contribution in [0.1, 0.15) is 73.0 Å². The molecular weight excluding hydrogens is 412 g/mol. The fraction of sp³-hybridized carbons (Fsp3) is 0.414. The van der Waals surface area contributed by atoms with Crippen molar-refractivity contribution in [3.05, 3.63) is 87.1 Å². The topological polar surface area (TPSA) is 16.1 Å². The first-order chi connectivity index (χ1) is 15.6. The van der Waals surface area contributed by atoms with Crippen LogP contribution in [-0.4, -0.2) is 16.9 Å². The molecule has 32 heavy (non-hydrogen) atoms. The second-order valence-corrected chi connectivity index (χ2v) is 9.33. The Morgan fingerprint density at radius 1 is 0.938 bits per heavy atom. The molecule has 3 heteroatoms. The molecule has 4 rings (SSSR count). The molecule has 2 aromatic carbocycles. The maximum Gasteiger partial charge on any atom is 0.134 e. The lowest BCUT2D eigenvalue weighted by Gasteiger charge is -2.34. The van der Waals surface area contributed by atoms with E-state index in [1.165, 1.54) is 58.2 Å². The van der Waals surface area contributed by atoms with Gasteiger partial charge in [-0.3, -0.25) is 4.90 Å². The lowest BCUT2D eigenvalue weighted by molar-refractivity contribution is 0.212. The molecule has 0 bridgehead atoms. The van der Waals surface area contributed by atoms with Crippen molar-refractivity contribution in [2.24, 2.45) is 0 Å². The van der Waals surface area contributed by atoms with Crippen LogP contribution in [0.25, 0.3) is 11.3 Å². The molecule has 0 saturated heterocycles. The van der Waals surface area contributed by atoms with Crippen molar-refractivity contribution in [2.45, 2.75) is 71.9 Å². The first-order valence-corrected chi connectivity index (χ1v) is 12.5. The molecule has 0 amide bonds. The van der Waals surface area contributed by atoms with Gasteiger partial charge in [-0.2, -0.15) is 0 Å². The van der Waals surface area contributed by atoms with Gasteiger partial charge in [0, 0.05) is 23.7 Å². The fourth-order valence-corrected chi connectivity index (χ4v) is 5.59. The molecule has 0 aliphatic heterocycles. The molecule has 1 aliphatic rings. The van der Waals surface area contributed by atoms with Crippen LogP contribution < -0.4 is 0 Å². The molecule has 0 radical (unpaired) electrons. The van der Waals surface area contributed by atoms with E-state index in [2.05, 4.69) is 81.2 Å². The number of benzene rings is 2. The summed E-state index contributed by atoms with van der Waals surface area (Å²) in [5.74, 6) is 0. The second-order valence-electron chi connectivity index (χ2n) is 8.97. The van der Waals surface area contributed by atoms with Gasteiger partial charge in [0.25, 0.3) is 0 Å². The SMILES string of the molecule is CCc1cc(-c2c(CC)cccc2CC)nc(Cl)c1CN(C)C1CCCc2ccccc21. The molecule has 0 fully saturated rings. The maximum absolute atomic E-state index is 6.90. The normalized spacial score (nSPS) is 15.8. The van der Waals surface area contributed by atoms with Crippen LogP contribution in [0.5, 0.6) is 0 Å². The molecular formula is C29H35ClN2. The van der Waals surface area contributed by atoms with Gasteiger partial charge in [-0.25, -0.2) is 4.98 Å². The zero-order valence-electron chi connectivity index (χ0n) is 19.9. The van der Waals surface area contributed by atoms with E-state index in [1.54, 1.807) is 0 Å². The first kappa shape index (κ1) is 23.0. The number of aromatic nitrogens is 1. The molecule has 2 nitrogen and oxygen atoms in total. The summed E-state index contributed by atoms with van der Waals surface area (Å²) in [4.78, 5) is 7.42. The van der Waals surface area contributed by atoms with Gasteiger partial charge < -0.3 is 0 Å². The number of hydrogen-bond donors (Lipinski definition) is 0. The standard InChI is InChI=1S/C29H35ClN2/c1-5-20-13-10-14-21(6-2)28(20)26-18-22(7-3)25(29(30)31-26)19-32(4)27-17-11-15-23-12-8-9-16-24(23)27/h8-10,12-14,16,18,27H,5-7,11,15,17,19H2,1-4H3. The molecule has 3 aromatic rings. The number of hydrogen-bond acceptors (Lipinski definition) is 2. The highest BCUT2D eigenvalue weighted by Gasteiger charge is 2.25.